The lowest BCUT2D eigenvalue weighted by atomic mass is 10.1. The molecule has 20 heavy (non-hydrogen) atoms. The van der Waals surface area contributed by atoms with E-state index in [9.17, 15) is 8.42 Å². The first-order valence-electron chi connectivity index (χ1n) is 6.66. The van der Waals surface area contributed by atoms with Crippen molar-refractivity contribution in [2.45, 2.75) is 36.6 Å². The second-order valence-corrected chi connectivity index (χ2v) is 8.06. The van der Waals surface area contributed by atoms with E-state index in [1.807, 2.05) is 0 Å². The third-order valence-corrected chi connectivity index (χ3v) is 5.70. The van der Waals surface area contributed by atoms with Gasteiger partial charge in [-0.1, -0.05) is 0 Å². The molecule has 4 N–H and O–H groups in total. The van der Waals surface area contributed by atoms with Gasteiger partial charge < -0.3 is 5.43 Å². The molecule has 0 amide bonds. The number of halogens is 1. The van der Waals surface area contributed by atoms with E-state index in [4.69, 9.17) is 5.84 Å². The molecule has 6 nitrogen and oxygen atoms in total. The molecule has 0 spiro atoms. The van der Waals surface area contributed by atoms with Crippen molar-refractivity contribution in [3.63, 3.8) is 0 Å². The van der Waals surface area contributed by atoms with Crippen molar-refractivity contribution in [1.82, 2.24) is 9.71 Å². The summed E-state index contributed by atoms with van der Waals surface area (Å²) in [6.07, 6.45) is 5.96. The zero-order valence-corrected chi connectivity index (χ0v) is 13.2. The molecule has 0 atom stereocenters. The van der Waals surface area contributed by atoms with Crippen LogP contribution < -0.4 is 16.0 Å². The summed E-state index contributed by atoms with van der Waals surface area (Å²) in [5, 5.41) is 0. The SMILES string of the molecule is NNc1ncc(Br)cc1S(=O)(=O)NC(C1CC1)C1CC1. The Balaban J connectivity index is 1.88. The van der Waals surface area contributed by atoms with Gasteiger partial charge in [0.25, 0.3) is 0 Å². The number of hydrogen-bond donors (Lipinski definition) is 3. The highest BCUT2D eigenvalue weighted by Crippen LogP contribution is 2.45. The first-order chi connectivity index (χ1) is 9.51. The van der Waals surface area contributed by atoms with E-state index in [0.29, 0.717) is 16.3 Å². The third kappa shape index (κ3) is 2.98. The average molecular weight is 361 g/mol. The van der Waals surface area contributed by atoms with Gasteiger partial charge in [-0.3, -0.25) is 0 Å². The minimum absolute atomic E-state index is 0.0598. The Morgan fingerprint density at radius 2 is 1.90 bits per heavy atom. The van der Waals surface area contributed by atoms with Gasteiger partial charge in [-0.2, -0.15) is 0 Å². The van der Waals surface area contributed by atoms with Crippen LogP contribution in [0.3, 0.4) is 0 Å². The van der Waals surface area contributed by atoms with Gasteiger partial charge in [0.2, 0.25) is 10.0 Å². The molecule has 1 aromatic rings. The standard InChI is InChI=1S/C12H17BrN4O2S/c13-9-5-10(12(16-14)15-6-9)20(18,19)17-11(7-1-2-7)8-3-4-8/h5-8,11,17H,1-4,14H2,(H,15,16). The highest BCUT2D eigenvalue weighted by molar-refractivity contribution is 9.10. The molecule has 8 heteroatoms. The molecular formula is C12H17BrN4O2S. The number of pyridine rings is 1. The van der Waals surface area contributed by atoms with E-state index in [2.05, 4.69) is 31.1 Å². The number of hydrogen-bond acceptors (Lipinski definition) is 5. The summed E-state index contributed by atoms with van der Waals surface area (Å²) >= 11 is 3.24. The summed E-state index contributed by atoms with van der Waals surface area (Å²) in [7, 11) is -3.62. The molecule has 110 valence electrons. The Morgan fingerprint density at radius 1 is 1.30 bits per heavy atom. The molecule has 0 aromatic carbocycles. The molecule has 1 aromatic heterocycles. The van der Waals surface area contributed by atoms with Gasteiger partial charge >= 0.3 is 0 Å². The van der Waals surface area contributed by atoms with E-state index in [-0.39, 0.29) is 16.8 Å². The number of nitrogens with two attached hydrogens (primary N) is 1. The summed E-state index contributed by atoms with van der Waals surface area (Å²) in [5.41, 5.74) is 2.34. The van der Waals surface area contributed by atoms with Crippen LogP contribution in [0.25, 0.3) is 0 Å². The Kier molecular flexibility index (Phi) is 3.74. The Bertz CT molecular complexity index is 602. The molecule has 3 rings (SSSR count). The summed E-state index contributed by atoms with van der Waals surface area (Å²) in [6, 6.07) is 1.58. The van der Waals surface area contributed by atoms with Gasteiger partial charge in [-0.25, -0.2) is 24.0 Å². The van der Waals surface area contributed by atoms with Crippen LogP contribution in [0.1, 0.15) is 25.7 Å². The lowest BCUT2D eigenvalue weighted by molar-refractivity contribution is 0.471. The van der Waals surface area contributed by atoms with Crippen molar-refractivity contribution in [3.05, 3.63) is 16.7 Å². The Morgan fingerprint density at radius 3 is 2.40 bits per heavy atom. The summed E-state index contributed by atoms with van der Waals surface area (Å²) in [6.45, 7) is 0. The molecule has 2 fully saturated rings. The number of anilines is 1. The number of nitrogens with zero attached hydrogens (tertiary/aromatic N) is 1. The summed E-state index contributed by atoms with van der Waals surface area (Å²) < 4.78 is 28.6. The average Bonchev–Trinajstić information content (AvgIpc) is 3.29. The Labute approximate surface area is 126 Å². The highest BCUT2D eigenvalue weighted by atomic mass is 79.9. The van der Waals surface area contributed by atoms with Crippen molar-refractivity contribution in [3.8, 4) is 0 Å². The minimum Gasteiger partial charge on any atom is -0.307 e. The van der Waals surface area contributed by atoms with Gasteiger partial charge in [-0.05, 0) is 59.5 Å². The quantitative estimate of drug-likeness (QED) is 0.528. The van der Waals surface area contributed by atoms with Crippen LogP contribution in [-0.4, -0.2) is 19.4 Å². The van der Waals surface area contributed by atoms with Gasteiger partial charge in [-0.15, -0.1) is 0 Å². The van der Waals surface area contributed by atoms with Crippen LogP contribution >= 0.6 is 15.9 Å². The third-order valence-electron chi connectivity index (χ3n) is 3.80. The molecule has 2 aliphatic rings. The number of aromatic nitrogens is 1. The van der Waals surface area contributed by atoms with Gasteiger partial charge in [0.15, 0.2) is 5.82 Å². The molecule has 0 bridgehead atoms. The summed E-state index contributed by atoms with van der Waals surface area (Å²) in [4.78, 5) is 4.07. The van der Waals surface area contributed by atoms with E-state index < -0.39 is 10.0 Å². The molecular weight excluding hydrogens is 344 g/mol. The lowest BCUT2D eigenvalue weighted by Crippen LogP contribution is -2.38. The highest BCUT2D eigenvalue weighted by Gasteiger charge is 2.43. The fourth-order valence-electron chi connectivity index (χ4n) is 2.46. The zero-order chi connectivity index (χ0) is 14.3. The van der Waals surface area contributed by atoms with Gasteiger partial charge in [0.1, 0.15) is 4.90 Å². The predicted molar refractivity (Wildman–Crippen MR) is 79.3 cm³/mol. The van der Waals surface area contributed by atoms with Gasteiger partial charge in [0.05, 0.1) is 0 Å². The number of rotatable bonds is 6. The number of hydrazine groups is 1. The normalized spacial score (nSPS) is 19.4. The molecule has 0 aliphatic heterocycles. The van der Waals surface area contributed by atoms with Crippen LogP contribution in [0.4, 0.5) is 5.82 Å². The lowest BCUT2D eigenvalue weighted by Gasteiger charge is -2.18. The van der Waals surface area contributed by atoms with Crippen LogP contribution in [0.2, 0.25) is 0 Å². The van der Waals surface area contributed by atoms with Crippen molar-refractivity contribution in [2.75, 3.05) is 5.43 Å². The monoisotopic (exact) mass is 360 g/mol. The fourth-order valence-corrected chi connectivity index (χ4v) is 4.47. The van der Waals surface area contributed by atoms with Crippen LogP contribution in [0.15, 0.2) is 21.6 Å². The number of sulfonamides is 1. The van der Waals surface area contributed by atoms with E-state index in [1.54, 1.807) is 0 Å². The maximum atomic E-state index is 12.6. The number of nitrogen functional groups attached to an aromatic ring is 1. The molecule has 2 saturated carbocycles. The van der Waals surface area contributed by atoms with Crippen molar-refractivity contribution in [1.29, 1.82) is 0 Å². The Hall–Kier alpha value is -0.700. The van der Waals surface area contributed by atoms with Crippen molar-refractivity contribution in [2.24, 2.45) is 17.7 Å². The predicted octanol–water partition coefficient (Wildman–Crippen LogP) is 1.60. The molecule has 0 radical (unpaired) electrons. The largest absolute Gasteiger partial charge is 0.307 e. The molecule has 2 aliphatic carbocycles. The van der Waals surface area contributed by atoms with Crippen LogP contribution in [0.5, 0.6) is 0 Å². The van der Waals surface area contributed by atoms with Crippen molar-refractivity contribution >= 4 is 31.8 Å². The zero-order valence-electron chi connectivity index (χ0n) is 10.8. The number of nitrogens with one attached hydrogen (secondary N) is 2. The second kappa shape index (κ2) is 5.25. The first-order valence-corrected chi connectivity index (χ1v) is 8.93. The fraction of sp³-hybridized carbons (Fsp3) is 0.583. The maximum absolute atomic E-state index is 12.6. The van der Waals surface area contributed by atoms with E-state index >= 15 is 0 Å². The second-order valence-electron chi connectivity index (χ2n) is 5.47. The van der Waals surface area contributed by atoms with Crippen LogP contribution in [-0.2, 0) is 10.0 Å². The molecule has 0 unspecified atom stereocenters. The molecule has 0 saturated heterocycles. The first kappa shape index (κ1) is 14.2. The van der Waals surface area contributed by atoms with Crippen LogP contribution in [0, 0.1) is 11.8 Å². The van der Waals surface area contributed by atoms with E-state index in [1.165, 1.54) is 12.3 Å². The van der Waals surface area contributed by atoms with Gasteiger partial charge in [0, 0.05) is 16.7 Å². The minimum atomic E-state index is -3.62. The maximum Gasteiger partial charge on any atom is 0.244 e. The van der Waals surface area contributed by atoms with Crippen molar-refractivity contribution < 1.29 is 8.42 Å². The smallest absolute Gasteiger partial charge is 0.244 e. The topological polar surface area (TPSA) is 97.1 Å². The summed E-state index contributed by atoms with van der Waals surface area (Å²) in [5.74, 6) is 6.50. The van der Waals surface area contributed by atoms with E-state index in [0.717, 1.165) is 25.7 Å². The molecule has 1 heterocycles.